The molecule has 4 unspecified atom stereocenters. The second kappa shape index (κ2) is 13.0. The van der Waals surface area contributed by atoms with E-state index in [2.05, 4.69) is 24.7 Å². The van der Waals surface area contributed by atoms with Crippen LogP contribution in [-0.4, -0.2) is 51.3 Å². The lowest BCUT2D eigenvalue weighted by Crippen LogP contribution is -2.27. The lowest BCUT2D eigenvalue weighted by Gasteiger charge is -2.22. The molecular formula is C25H35NO4S. The van der Waals surface area contributed by atoms with Gasteiger partial charge in [0.15, 0.2) is 0 Å². The van der Waals surface area contributed by atoms with Crippen molar-refractivity contribution in [3.05, 3.63) is 12.2 Å². The number of hydrogen-bond acceptors (Lipinski definition) is 6. The number of aliphatic hydroxyl groups is 2. The number of nitrogens with zero attached hydrogens (tertiary/aromatic N) is 1. The molecule has 5 atom stereocenters. The number of thioether (sulfide) groups is 1. The molecule has 6 heteroatoms. The van der Waals surface area contributed by atoms with Gasteiger partial charge in [-0.2, -0.15) is 0 Å². The number of carbonyl (C=O) groups is 1. The summed E-state index contributed by atoms with van der Waals surface area (Å²) in [7, 11) is 0. The van der Waals surface area contributed by atoms with Gasteiger partial charge < -0.3 is 14.9 Å². The molecule has 0 radical (unpaired) electrons. The third kappa shape index (κ3) is 7.42. The predicted octanol–water partition coefficient (Wildman–Crippen LogP) is 3.73. The minimum Gasteiger partial charge on any atom is -0.466 e. The van der Waals surface area contributed by atoms with Crippen molar-refractivity contribution < 1.29 is 19.7 Å². The Labute approximate surface area is 191 Å². The van der Waals surface area contributed by atoms with Crippen molar-refractivity contribution in [2.75, 3.05) is 12.4 Å². The topological polar surface area (TPSA) is 79.1 Å². The Bertz CT molecular complexity index is 760. The molecule has 0 aromatic rings. The molecule has 0 aromatic carbocycles. The van der Waals surface area contributed by atoms with Crippen molar-refractivity contribution >= 4 is 22.8 Å². The first-order chi connectivity index (χ1) is 15.0. The molecule has 170 valence electrons. The van der Waals surface area contributed by atoms with E-state index >= 15 is 0 Å². The van der Waals surface area contributed by atoms with Gasteiger partial charge in [0.25, 0.3) is 0 Å². The first-order valence-electron chi connectivity index (χ1n) is 11.3. The van der Waals surface area contributed by atoms with Crippen LogP contribution in [0, 0.1) is 36.0 Å². The SMILES string of the molecule is C#CC#CC12CC(O)C(C=C[C@@H](O)CCCCC)C1CC(SCCCC(=O)OCC)=N2. The fourth-order valence-electron chi connectivity index (χ4n) is 4.35. The van der Waals surface area contributed by atoms with Gasteiger partial charge in [0.05, 0.1) is 23.9 Å². The highest BCUT2D eigenvalue weighted by atomic mass is 32.2. The smallest absolute Gasteiger partial charge is 0.305 e. The molecule has 1 saturated carbocycles. The van der Waals surface area contributed by atoms with E-state index in [0.29, 0.717) is 19.4 Å². The summed E-state index contributed by atoms with van der Waals surface area (Å²) in [5, 5.41) is 22.0. The minimum atomic E-state index is -0.669. The third-order valence-electron chi connectivity index (χ3n) is 5.87. The van der Waals surface area contributed by atoms with Gasteiger partial charge in [-0.3, -0.25) is 9.79 Å². The molecule has 1 aliphatic heterocycles. The summed E-state index contributed by atoms with van der Waals surface area (Å²) in [5.41, 5.74) is -0.669. The lowest BCUT2D eigenvalue weighted by atomic mass is 9.83. The predicted molar refractivity (Wildman–Crippen MR) is 127 cm³/mol. The number of carbonyl (C=O) groups excluding carboxylic acids is 1. The Morgan fingerprint density at radius 1 is 1.42 bits per heavy atom. The summed E-state index contributed by atoms with van der Waals surface area (Å²) < 4.78 is 4.97. The highest BCUT2D eigenvalue weighted by molar-refractivity contribution is 8.13. The Hall–Kier alpha value is -1.73. The number of hydrogen-bond donors (Lipinski definition) is 2. The number of terminal acetylenes is 1. The van der Waals surface area contributed by atoms with Gasteiger partial charge in [0, 0.05) is 31.1 Å². The molecule has 0 spiro atoms. The molecule has 0 saturated heterocycles. The molecule has 1 aliphatic carbocycles. The van der Waals surface area contributed by atoms with Crippen LogP contribution >= 0.6 is 11.8 Å². The third-order valence-corrected chi connectivity index (χ3v) is 6.95. The highest BCUT2D eigenvalue weighted by Crippen LogP contribution is 2.50. The van der Waals surface area contributed by atoms with E-state index < -0.39 is 17.7 Å². The van der Waals surface area contributed by atoms with Crippen LogP contribution in [0.3, 0.4) is 0 Å². The molecular weight excluding hydrogens is 410 g/mol. The van der Waals surface area contributed by atoms with Gasteiger partial charge in [-0.25, -0.2) is 0 Å². The summed E-state index contributed by atoms with van der Waals surface area (Å²) >= 11 is 1.64. The van der Waals surface area contributed by atoms with Crippen LogP contribution < -0.4 is 0 Å². The molecule has 0 amide bonds. The number of esters is 1. The molecule has 2 aliphatic rings. The van der Waals surface area contributed by atoms with Crippen LogP contribution in [-0.2, 0) is 9.53 Å². The van der Waals surface area contributed by atoms with E-state index in [-0.39, 0.29) is 17.8 Å². The fraction of sp³-hybridized carbons (Fsp3) is 0.680. The Morgan fingerprint density at radius 2 is 2.23 bits per heavy atom. The van der Waals surface area contributed by atoms with Crippen molar-refractivity contribution in [3.8, 4) is 24.2 Å². The second-order valence-electron chi connectivity index (χ2n) is 8.19. The maximum Gasteiger partial charge on any atom is 0.305 e. The summed E-state index contributed by atoms with van der Waals surface area (Å²) in [4.78, 5) is 16.4. The zero-order chi connectivity index (χ0) is 22.7. The van der Waals surface area contributed by atoms with Gasteiger partial charge in [-0.05, 0) is 37.4 Å². The van der Waals surface area contributed by atoms with Crippen LogP contribution in [0.1, 0.15) is 65.2 Å². The number of aliphatic imine (C=N–C) groups is 1. The average Bonchev–Trinajstić information content (AvgIpc) is 3.20. The summed E-state index contributed by atoms with van der Waals surface area (Å²) in [5.74, 6) is 8.76. The second-order valence-corrected chi connectivity index (χ2v) is 9.36. The van der Waals surface area contributed by atoms with Crippen LogP contribution in [0.2, 0.25) is 0 Å². The van der Waals surface area contributed by atoms with E-state index in [0.717, 1.165) is 49.3 Å². The van der Waals surface area contributed by atoms with Crippen molar-refractivity contribution in [1.29, 1.82) is 0 Å². The highest BCUT2D eigenvalue weighted by Gasteiger charge is 2.55. The molecule has 2 rings (SSSR count). The standard InChI is InChI=1S/C25H35NO4S/c1-4-7-9-11-19(27)13-14-20-21-17-23(31-16-10-12-24(29)30-6-3)26-25(21,15-8-5-2)18-22(20)28/h2,13-14,19-22,27-28H,4,6-7,9-12,16-18H2,1,3H3/t19-,20?,21?,22?,25?/m0/s1. The van der Waals surface area contributed by atoms with Gasteiger partial charge >= 0.3 is 5.97 Å². The Morgan fingerprint density at radius 3 is 2.94 bits per heavy atom. The molecule has 0 aromatic heterocycles. The monoisotopic (exact) mass is 445 g/mol. The van der Waals surface area contributed by atoms with Crippen LogP contribution in [0.15, 0.2) is 17.1 Å². The Balaban J connectivity index is 2.01. The maximum atomic E-state index is 11.5. The zero-order valence-electron chi connectivity index (χ0n) is 18.7. The number of aliphatic hydroxyl groups excluding tert-OH is 2. The van der Waals surface area contributed by atoms with Gasteiger partial charge in [0.2, 0.25) is 0 Å². The van der Waals surface area contributed by atoms with E-state index in [1.165, 1.54) is 0 Å². The molecule has 0 bridgehead atoms. The largest absolute Gasteiger partial charge is 0.466 e. The van der Waals surface area contributed by atoms with Crippen molar-refractivity contribution in [1.82, 2.24) is 0 Å². The summed E-state index contributed by atoms with van der Waals surface area (Å²) in [6, 6.07) is 0. The van der Waals surface area contributed by atoms with Crippen LogP contribution in [0.4, 0.5) is 0 Å². The van der Waals surface area contributed by atoms with Gasteiger partial charge in [-0.15, -0.1) is 18.2 Å². The molecule has 2 N–H and O–H groups in total. The van der Waals surface area contributed by atoms with Gasteiger partial charge in [-0.1, -0.05) is 44.3 Å². The van der Waals surface area contributed by atoms with Crippen molar-refractivity contribution in [2.24, 2.45) is 16.8 Å². The van der Waals surface area contributed by atoms with E-state index in [9.17, 15) is 15.0 Å². The lowest BCUT2D eigenvalue weighted by molar-refractivity contribution is -0.143. The van der Waals surface area contributed by atoms with Crippen LogP contribution in [0.5, 0.6) is 0 Å². The average molecular weight is 446 g/mol. The van der Waals surface area contributed by atoms with Gasteiger partial charge in [0.1, 0.15) is 5.54 Å². The minimum absolute atomic E-state index is 0.0370. The molecule has 1 heterocycles. The molecule has 1 fully saturated rings. The normalized spacial score (nSPS) is 27.8. The zero-order valence-corrected chi connectivity index (χ0v) is 19.5. The quantitative estimate of drug-likeness (QED) is 0.219. The van der Waals surface area contributed by atoms with E-state index in [1.54, 1.807) is 18.7 Å². The fourth-order valence-corrected chi connectivity index (χ4v) is 5.40. The first kappa shape index (κ1) is 25.5. The van der Waals surface area contributed by atoms with Crippen LogP contribution in [0.25, 0.3) is 0 Å². The van der Waals surface area contributed by atoms with E-state index in [1.807, 2.05) is 12.2 Å². The Kier molecular flexibility index (Phi) is 10.7. The number of fused-ring (bicyclic) bond motifs is 1. The number of ether oxygens (including phenoxy) is 1. The van der Waals surface area contributed by atoms with E-state index in [4.69, 9.17) is 16.2 Å². The number of unbranched alkanes of at least 4 members (excludes halogenated alkanes) is 2. The van der Waals surface area contributed by atoms with Crippen molar-refractivity contribution in [2.45, 2.75) is 83.0 Å². The number of rotatable bonds is 11. The first-order valence-corrected chi connectivity index (χ1v) is 12.3. The molecule has 5 nitrogen and oxygen atoms in total. The van der Waals surface area contributed by atoms with Crippen molar-refractivity contribution in [3.63, 3.8) is 0 Å². The molecule has 31 heavy (non-hydrogen) atoms. The summed E-state index contributed by atoms with van der Waals surface area (Å²) in [6.45, 7) is 4.35. The maximum absolute atomic E-state index is 11.5. The summed E-state index contributed by atoms with van der Waals surface area (Å²) in [6.07, 6.45) is 14.3.